The van der Waals surface area contributed by atoms with Crippen molar-refractivity contribution in [1.82, 2.24) is 0 Å². The minimum Gasteiger partial charge on any atom is -0.274 e. The van der Waals surface area contributed by atoms with Crippen molar-refractivity contribution >= 4 is 21.0 Å². The summed E-state index contributed by atoms with van der Waals surface area (Å²) in [5.74, 6) is 0.619. The molecule has 0 aliphatic heterocycles. The average molecular weight is 420 g/mol. The summed E-state index contributed by atoms with van der Waals surface area (Å²) < 4.78 is 31.8. The van der Waals surface area contributed by atoms with Crippen LogP contribution in [0.25, 0.3) is 0 Å². The van der Waals surface area contributed by atoms with E-state index in [0.717, 1.165) is 9.79 Å². The van der Waals surface area contributed by atoms with Crippen molar-refractivity contribution in [1.29, 1.82) is 0 Å². The van der Waals surface area contributed by atoms with Gasteiger partial charge in [0, 0.05) is 0 Å². The van der Waals surface area contributed by atoms with Gasteiger partial charge in [-0.3, -0.25) is 4.18 Å². The maximum Gasteiger partial charge on any atom is 0.273 e. The average Bonchev–Trinajstić information content (AvgIpc) is 2.79. The molecule has 0 unspecified atom stereocenters. The van der Waals surface area contributed by atoms with E-state index in [1.807, 2.05) is 60.7 Å². The van der Waals surface area contributed by atoms with Crippen LogP contribution in [0.3, 0.4) is 0 Å². The summed E-state index contributed by atoms with van der Waals surface area (Å²) in [6, 6.07) is 35.0. The van der Waals surface area contributed by atoms with Crippen LogP contribution in [0.4, 0.5) is 0 Å². The smallest absolute Gasteiger partial charge is 0.273 e. The molecule has 0 saturated heterocycles. The first-order valence-electron chi connectivity index (χ1n) is 9.07. The highest BCUT2D eigenvalue weighted by molar-refractivity contribution is 7.93. The van der Waals surface area contributed by atoms with Crippen LogP contribution in [0.1, 0.15) is 0 Å². The minimum atomic E-state index is -3.54. The Morgan fingerprint density at radius 3 is 1.41 bits per heavy atom. The highest BCUT2D eigenvalue weighted by atomic mass is 32.2. The fourth-order valence-corrected chi connectivity index (χ4v) is 5.69. The van der Waals surface area contributed by atoms with Gasteiger partial charge in [-0.2, -0.15) is 0 Å². The number of sulfone groups is 1. The Kier molecular flexibility index (Phi) is 5.69. The summed E-state index contributed by atoms with van der Waals surface area (Å²) in [5, 5.41) is 0. The third-order valence-electron chi connectivity index (χ3n) is 4.28. The van der Waals surface area contributed by atoms with Gasteiger partial charge in [-0.1, -0.05) is 54.6 Å². The van der Waals surface area contributed by atoms with Gasteiger partial charge in [-0.15, -0.1) is 0 Å². The molecule has 144 valence electrons. The van der Waals surface area contributed by atoms with Crippen molar-refractivity contribution in [2.24, 2.45) is 0 Å². The first kappa shape index (κ1) is 19.3. The molecule has 0 fully saturated rings. The first-order chi connectivity index (χ1) is 14.1. The lowest BCUT2D eigenvalue weighted by molar-refractivity contribution is 0.595. The van der Waals surface area contributed by atoms with Crippen molar-refractivity contribution in [2.45, 2.75) is 19.6 Å². The Morgan fingerprint density at radius 1 is 0.517 bits per heavy atom. The second-order valence-electron chi connectivity index (χ2n) is 6.27. The summed E-state index contributed by atoms with van der Waals surface area (Å²) in [4.78, 5) is 2.64. The monoisotopic (exact) mass is 419 g/mol. The second kappa shape index (κ2) is 8.55. The standard InChI is InChI=1S/C24H19O3S2/c25-29(26,23-14-8-3-9-15-23)24-18-16-20(17-19-24)27-28(21-10-4-1-5-11-21)22-12-6-2-7-13-22/h1-19H/q+1. The van der Waals surface area contributed by atoms with Crippen LogP contribution in [0, 0.1) is 0 Å². The van der Waals surface area contributed by atoms with Crippen molar-refractivity contribution in [2.75, 3.05) is 0 Å². The Hall–Kier alpha value is -3.02. The van der Waals surface area contributed by atoms with E-state index in [1.165, 1.54) is 0 Å². The van der Waals surface area contributed by atoms with E-state index in [-0.39, 0.29) is 9.79 Å². The molecule has 0 saturated carbocycles. The van der Waals surface area contributed by atoms with Gasteiger partial charge in [-0.25, -0.2) is 8.42 Å². The largest absolute Gasteiger partial charge is 0.274 e. The topological polar surface area (TPSA) is 43.4 Å². The third kappa shape index (κ3) is 4.36. The van der Waals surface area contributed by atoms with Crippen molar-refractivity contribution in [3.05, 3.63) is 115 Å². The van der Waals surface area contributed by atoms with Gasteiger partial charge >= 0.3 is 0 Å². The first-order valence-corrected chi connectivity index (χ1v) is 11.7. The molecule has 0 heterocycles. The molecule has 0 amide bonds. The van der Waals surface area contributed by atoms with Crippen LogP contribution in [-0.4, -0.2) is 8.42 Å². The van der Waals surface area contributed by atoms with Crippen molar-refractivity contribution in [3.63, 3.8) is 0 Å². The van der Waals surface area contributed by atoms with Gasteiger partial charge < -0.3 is 0 Å². The molecule has 4 aromatic carbocycles. The maximum absolute atomic E-state index is 12.8. The quantitative estimate of drug-likeness (QED) is 0.385. The lowest BCUT2D eigenvalue weighted by atomic mass is 10.3. The highest BCUT2D eigenvalue weighted by Crippen LogP contribution is 2.29. The molecular weight excluding hydrogens is 400 g/mol. The molecule has 0 radical (unpaired) electrons. The molecule has 29 heavy (non-hydrogen) atoms. The van der Waals surface area contributed by atoms with E-state index in [2.05, 4.69) is 0 Å². The van der Waals surface area contributed by atoms with Crippen LogP contribution >= 0.6 is 0 Å². The number of hydrogen-bond acceptors (Lipinski definition) is 3. The van der Waals surface area contributed by atoms with E-state index in [4.69, 9.17) is 4.18 Å². The number of hydrogen-bond donors (Lipinski definition) is 0. The molecule has 3 nitrogen and oxygen atoms in total. The van der Waals surface area contributed by atoms with E-state index in [9.17, 15) is 8.42 Å². The fourth-order valence-electron chi connectivity index (χ4n) is 2.83. The Labute approximate surface area is 174 Å². The molecule has 0 aliphatic rings. The summed E-state index contributed by atoms with van der Waals surface area (Å²) in [6.45, 7) is 0. The Morgan fingerprint density at radius 2 is 0.931 bits per heavy atom. The van der Waals surface area contributed by atoms with Crippen molar-refractivity contribution in [3.8, 4) is 5.75 Å². The zero-order valence-corrected chi connectivity index (χ0v) is 17.1. The minimum absolute atomic E-state index is 0.246. The van der Waals surface area contributed by atoms with Crippen LogP contribution < -0.4 is 4.18 Å². The van der Waals surface area contributed by atoms with Crippen LogP contribution in [0.5, 0.6) is 5.75 Å². The Bertz CT molecular complexity index is 1120. The zero-order valence-electron chi connectivity index (χ0n) is 15.5. The third-order valence-corrected chi connectivity index (χ3v) is 7.83. The van der Waals surface area contributed by atoms with E-state index in [0.29, 0.717) is 5.75 Å². The molecule has 0 spiro atoms. The van der Waals surface area contributed by atoms with E-state index >= 15 is 0 Å². The predicted molar refractivity (Wildman–Crippen MR) is 116 cm³/mol. The molecule has 4 aromatic rings. The maximum atomic E-state index is 12.8. The molecule has 4 rings (SSSR count). The van der Waals surface area contributed by atoms with Gasteiger partial charge in [0.05, 0.1) is 9.79 Å². The molecular formula is C24H19O3S2+. The highest BCUT2D eigenvalue weighted by Gasteiger charge is 2.29. The van der Waals surface area contributed by atoms with Gasteiger partial charge in [0.2, 0.25) is 19.6 Å². The van der Waals surface area contributed by atoms with Gasteiger partial charge in [0.15, 0.2) is 5.75 Å². The lowest BCUT2D eigenvalue weighted by Gasteiger charge is -2.08. The summed E-state index contributed by atoms with van der Waals surface area (Å²) in [5.41, 5.74) is 0. The normalized spacial score (nSPS) is 11.3. The predicted octanol–water partition coefficient (Wildman–Crippen LogP) is 5.55. The molecule has 0 aliphatic carbocycles. The fraction of sp³-hybridized carbons (Fsp3) is 0. The zero-order chi connectivity index (χ0) is 20.1. The molecule has 0 atom stereocenters. The van der Waals surface area contributed by atoms with Gasteiger partial charge in [-0.05, 0) is 60.7 Å². The molecule has 0 bridgehead atoms. The summed E-state index contributed by atoms with van der Waals surface area (Å²) in [7, 11) is -3.54. The number of rotatable bonds is 6. The summed E-state index contributed by atoms with van der Waals surface area (Å²) >= 11 is -0.615. The summed E-state index contributed by atoms with van der Waals surface area (Å²) in [6.07, 6.45) is 0. The lowest BCUT2D eigenvalue weighted by Crippen LogP contribution is -2.11. The van der Waals surface area contributed by atoms with E-state index < -0.39 is 21.0 Å². The van der Waals surface area contributed by atoms with Gasteiger partial charge in [0.1, 0.15) is 0 Å². The van der Waals surface area contributed by atoms with Gasteiger partial charge in [0.25, 0.3) is 11.2 Å². The van der Waals surface area contributed by atoms with Crippen LogP contribution in [-0.2, 0) is 21.0 Å². The van der Waals surface area contributed by atoms with Crippen molar-refractivity contribution < 1.29 is 12.6 Å². The molecule has 5 heteroatoms. The molecule has 0 aromatic heterocycles. The number of benzene rings is 4. The van der Waals surface area contributed by atoms with Crippen LogP contribution in [0.15, 0.2) is 135 Å². The molecule has 0 N–H and O–H groups in total. The SMILES string of the molecule is O=S(=O)(c1ccccc1)c1ccc(O[S+](c2ccccc2)c2ccccc2)cc1. The van der Waals surface area contributed by atoms with Crippen LogP contribution in [0.2, 0.25) is 0 Å². The second-order valence-corrected chi connectivity index (χ2v) is 9.86. The van der Waals surface area contributed by atoms with E-state index in [1.54, 1.807) is 54.6 Å². The Balaban J connectivity index is 1.63.